The SMILES string of the molecule is CCO[C@@H]1C[C@H](N(C)c2ccc3nnnn3n2)C12CCCC2. The number of tetrazole rings is 1. The van der Waals surface area contributed by atoms with Crippen molar-refractivity contribution >= 4 is 11.5 Å². The van der Waals surface area contributed by atoms with Crippen LogP contribution in [0.2, 0.25) is 0 Å². The molecule has 0 saturated heterocycles. The van der Waals surface area contributed by atoms with Crippen molar-refractivity contribution in [2.24, 2.45) is 5.41 Å². The molecule has 118 valence electrons. The monoisotopic (exact) mass is 302 g/mol. The maximum atomic E-state index is 6.01. The van der Waals surface area contributed by atoms with E-state index < -0.39 is 0 Å². The lowest BCUT2D eigenvalue weighted by molar-refractivity contribution is -0.121. The van der Waals surface area contributed by atoms with Crippen LogP contribution < -0.4 is 4.90 Å². The fraction of sp³-hybridized carbons (Fsp3) is 0.733. The Bertz CT molecular complexity index is 665. The summed E-state index contributed by atoms with van der Waals surface area (Å²) in [5.74, 6) is 0.922. The molecular weight excluding hydrogens is 280 g/mol. The third kappa shape index (κ3) is 1.91. The second kappa shape index (κ2) is 5.15. The smallest absolute Gasteiger partial charge is 0.200 e. The van der Waals surface area contributed by atoms with E-state index in [4.69, 9.17) is 4.74 Å². The minimum atomic E-state index is 0.308. The van der Waals surface area contributed by atoms with E-state index in [1.807, 2.05) is 12.1 Å². The molecule has 4 rings (SSSR count). The summed E-state index contributed by atoms with van der Waals surface area (Å²) < 4.78 is 7.50. The van der Waals surface area contributed by atoms with Crippen LogP contribution in [0.4, 0.5) is 5.82 Å². The highest BCUT2D eigenvalue weighted by Gasteiger charge is 2.58. The highest BCUT2D eigenvalue weighted by Crippen LogP contribution is 2.56. The van der Waals surface area contributed by atoms with Gasteiger partial charge in [0.2, 0.25) is 0 Å². The van der Waals surface area contributed by atoms with E-state index in [2.05, 4.69) is 39.5 Å². The molecule has 0 aromatic carbocycles. The zero-order valence-electron chi connectivity index (χ0n) is 13.1. The van der Waals surface area contributed by atoms with Gasteiger partial charge in [-0.1, -0.05) is 12.8 Å². The zero-order valence-corrected chi connectivity index (χ0v) is 13.1. The largest absolute Gasteiger partial charge is 0.378 e. The molecule has 2 saturated carbocycles. The molecule has 2 aromatic heterocycles. The summed E-state index contributed by atoms with van der Waals surface area (Å²) in [7, 11) is 2.13. The summed E-state index contributed by atoms with van der Waals surface area (Å²) in [6, 6.07) is 4.41. The van der Waals surface area contributed by atoms with Crippen molar-refractivity contribution in [1.29, 1.82) is 0 Å². The van der Waals surface area contributed by atoms with E-state index >= 15 is 0 Å². The number of fused-ring (bicyclic) bond motifs is 1. The molecule has 7 nitrogen and oxygen atoms in total. The summed E-state index contributed by atoms with van der Waals surface area (Å²) in [6.45, 7) is 2.89. The molecule has 2 heterocycles. The standard InChI is InChI=1S/C15H22N6O/c1-3-22-12-10-11(15(12)8-4-5-9-15)20(2)14-7-6-13-16-18-19-21(13)17-14/h6-7,11-12H,3-5,8-10H2,1-2H3/t11-,12+/m0/s1. The molecule has 0 amide bonds. The molecule has 2 atom stereocenters. The van der Waals surface area contributed by atoms with Crippen molar-refractivity contribution in [3.8, 4) is 0 Å². The Kier molecular flexibility index (Phi) is 3.25. The van der Waals surface area contributed by atoms with Crippen LogP contribution in [0.15, 0.2) is 12.1 Å². The number of ether oxygens (including phenoxy) is 1. The molecule has 0 aliphatic heterocycles. The first-order valence-corrected chi connectivity index (χ1v) is 8.14. The molecule has 2 aromatic rings. The van der Waals surface area contributed by atoms with Crippen LogP contribution in [0.1, 0.15) is 39.0 Å². The number of anilines is 1. The summed E-state index contributed by atoms with van der Waals surface area (Å²) in [5, 5.41) is 16.0. The van der Waals surface area contributed by atoms with E-state index in [1.54, 1.807) is 0 Å². The van der Waals surface area contributed by atoms with Crippen LogP contribution in [0.5, 0.6) is 0 Å². The number of hydrogen-bond acceptors (Lipinski definition) is 6. The minimum Gasteiger partial charge on any atom is -0.378 e. The van der Waals surface area contributed by atoms with Gasteiger partial charge < -0.3 is 9.64 Å². The van der Waals surface area contributed by atoms with Crippen molar-refractivity contribution in [2.75, 3.05) is 18.6 Å². The first kappa shape index (κ1) is 13.9. The van der Waals surface area contributed by atoms with Gasteiger partial charge in [0.05, 0.1) is 6.10 Å². The van der Waals surface area contributed by atoms with Gasteiger partial charge in [-0.05, 0) is 48.7 Å². The number of hydrogen-bond donors (Lipinski definition) is 0. The molecule has 22 heavy (non-hydrogen) atoms. The van der Waals surface area contributed by atoms with E-state index in [-0.39, 0.29) is 0 Å². The molecule has 2 aliphatic rings. The molecule has 2 fully saturated rings. The van der Waals surface area contributed by atoms with E-state index in [0.717, 1.165) is 18.8 Å². The Morgan fingerprint density at radius 3 is 2.95 bits per heavy atom. The fourth-order valence-electron chi connectivity index (χ4n) is 4.38. The van der Waals surface area contributed by atoms with Crippen molar-refractivity contribution in [2.45, 2.75) is 51.2 Å². The van der Waals surface area contributed by atoms with Crippen LogP contribution in [-0.2, 0) is 4.74 Å². The zero-order chi connectivity index (χ0) is 15.2. The predicted octanol–water partition coefficient (Wildman–Crippen LogP) is 1.69. The highest BCUT2D eigenvalue weighted by molar-refractivity contribution is 5.46. The Labute approximate surface area is 129 Å². The predicted molar refractivity (Wildman–Crippen MR) is 81.7 cm³/mol. The third-order valence-corrected chi connectivity index (χ3v) is 5.53. The summed E-state index contributed by atoms with van der Waals surface area (Å²) >= 11 is 0. The van der Waals surface area contributed by atoms with Crippen LogP contribution >= 0.6 is 0 Å². The van der Waals surface area contributed by atoms with Gasteiger partial charge in [0.25, 0.3) is 0 Å². The number of nitrogens with zero attached hydrogens (tertiary/aromatic N) is 6. The van der Waals surface area contributed by atoms with Gasteiger partial charge in [0.1, 0.15) is 0 Å². The molecule has 2 aliphatic carbocycles. The molecular formula is C15H22N6O. The summed E-state index contributed by atoms with van der Waals surface area (Å²) in [5.41, 5.74) is 0.982. The average Bonchev–Trinajstić information content (AvgIpc) is 3.19. The Balaban J connectivity index is 1.60. The van der Waals surface area contributed by atoms with E-state index in [0.29, 0.717) is 23.2 Å². The Morgan fingerprint density at radius 1 is 1.36 bits per heavy atom. The van der Waals surface area contributed by atoms with Crippen LogP contribution in [-0.4, -0.2) is 51.1 Å². The van der Waals surface area contributed by atoms with Crippen molar-refractivity contribution < 1.29 is 4.74 Å². The van der Waals surface area contributed by atoms with Gasteiger partial charge >= 0.3 is 0 Å². The summed E-state index contributed by atoms with van der Waals surface area (Å²) in [4.78, 5) is 2.29. The second-order valence-electron chi connectivity index (χ2n) is 6.46. The Hall–Kier alpha value is -1.76. The lowest BCUT2D eigenvalue weighted by Crippen LogP contribution is -2.63. The second-order valence-corrected chi connectivity index (χ2v) is 6.46. The molecule has 0 bridgehead atoms. The van der Waals surface area contributed by atoms with Crippen LogP contribution in [0.25, 0.3) is 5.65 Å². The first-order chi connectivity index (χ1) is 10.7. The van der Waals surface area contributed by atoms with Crippen molar-refractivity contribution in [3.05, 3.63) is 12.1 Å². The van der Waals surface area contributed by atoms with Gasteiger partial charge in [-0.15, -0.1) is 14.8 Å². The van der Waals surface area contributed by atoms with Gasteiger partial charge in [-0.3, -0.25) is 0 Å². The fourth-order valence-corrected chi connectivity index (χ4v) is 4.38. The number of aromatic nitrogens is 5. The maximum Gasteiger partial charge on any atom is 0.200 e. The lowest BCUT2D eigenvalue weighted by Gasteiger charge is -2.57. The van der Waals surface area contributed by atoms with Crippen molar-refractivity contribution in [1.82, 2.24) is 25.3 Å². The third-order valence-electron chi connectivity index (χ3n) is 5.53. The van der Waals surface area contributed by atoms with Gasteiger partial charge in [0.15, 0.2) is 11.5 Å². The van der Waals surface area contributed by atoms with Gasteiger partial charge in [-0.25, -0.2) is 0 Å². The molecule has 0 radical (unpaired) electrons. The quantitative estimate of drug-likeness (QED) is 0.856. The summed E-state index contributed by atoms with van der Waals surface area (Å²) in [6.07, 6.45) is 6.64. The van der Waals surface area contributed by atoms with E-state index in [9.17, 15) is 0 Å². The topological polar surface area (TPSA) is 68.4 Å². The van der Waals surface area contributed by atoms with Gasteiger partial charge in [0, 0.05) is 25.1 Å². The van der Waals surface area contributed by atoms with E-state index in [1.165, 1.54) is 30.3 Å². The van der Waals surface area contributed by atoms with Crippen LogP contribution in [0, 0.1) is 5.41 Å². The molecule has 1 spiro atoms. The normalized spacial score (nSPS) is 26.5. The highest BCUT2D eigenvalue weighted by atomic mass is 16.5. The Morgan fingerprint density at radius 2 is 2.18 bits per heavy atom. The lowest BCUT2D eigenvalue weighted by atomic mass is 9.60. The van der Waals surface area contributed by atoms with Gasteiger partial charge in [-0.2, -0.15) is 0 Å². The first-order valence-electron chi connectivity index (χ1n) is 8.14. The maximum absolute atomic E-state index is 6.01. The average molecular weight is 302 g/mol. The molecule has 0 unspecified atom stereocenters. The number of rotatable bonds is 4. The molecule has 0 N–H and O–H groups in total. The van der Waals surface area contributed by atoms with Crippen molar-refractivity contribution in [3.63, 3.8) is 0 Å². The molecule has 7 heteroatoms. The minimum absolute atomic E-state index is 0.308. The van der Waals surface area contributed by atoms with Crippen LogP contribution in [0.3, 0.4) is 0 Å².